The van der Waals surface area contributed by atoms with Crippen LogP contribution in [0.5, 0.6) is 0 Å². The fourth-order valence-electron chi connectivity index (χ4n) is 7.92. The number of nitriles is 1. The van der Waals surface area contributed by atoms with Gasteiger partial charge in [-0.15, -0.1) is 11.3 Å². The molecule has 228 valence electrons. The molecule has 0 radical (unpaired) electrons. The third-order valence-corrected chi connectivity index (χ3v) is 11.3. The molecule has 3 aromatic heterocycles. The fourth-order valence-corrected chi connectivity index (χ4v) is 9.04. The second-order valence-corrected chi connectivity index (χ2v) is 13.7. The molecule has 0 bridgehead atoms. The summed E-state index contributed by atoms with van der Waals surface area (Å²) in [4.78, 5) is 6.13. The smallest absolute Gasteiger partial charge is 0.138 e. The standard InChI is InChI=1S/C45H27N3S/c46-27-29-15-22-36-37-23-20-32(26-40(37)45(39(36)25-29,34-9-3-1-4-10-34)35-11-5-2-6-12-35)30-16-18-31(19-17-30)33-21-24-42-47-43-38-13-7-8-14-41(38)49-44(43)48(42)28-33/h1-26,28H. The van der Waals surface area contributed by atoms with E-state index < -0.39 is 5.41 Å². The lowest BCUT2D eigenvalue weighted by molar-refractivity contribution is 0.768. The molecule has 6 aromatic carbocycles. The van der Waals surface area contributed by atoms with Crippen molar-refractivity contribution in [3.05, 3.63) is 192 Å². The predicted molar refractivity (Wildman–Crippen MR) is 201 cm³/mol. The molecule has 3 nitrogen and oxygen atoms in total. The molecule has 0 fully saturated rings. The van der Waals surface area contributed by atoms with E-state index >= 15 is 0 Å². The first kappa shape index (κ1) is 27.8. The van der Waals surface area contributed by atoms with Gasteiger partial charge in [-0.25, -0.2) is 4.98 Å². The summed E-state index contributed by atoms with van der Waals surface area (Å²) in [5, 5.41) is 11.2. The van der Waals surface area contributed by atoms with Crippen LogP contribution in [0.2, 0.25) is 0 Å². The van der Waals surface area contributed by atoms with Crippen LogP contribution in [-0.2, 0) is 5.41 Å². The van der Waals surface area contributed by atoms with Gasteiger partial charge in [0.2, 0.25) is 0 Å². The normalized spacial score (nSPS) is 13.0. The van der Waals surface area contributed by atoms with Crippen LogP contribution in [0.3, 0.4) is 0 Å². The fraction of sp³-hybridized carbons (Fsp3) is 0.0222. The Kier molecular flexibility index (Phi) is 6.02. The number of rotatable bonds is 4. The zero-order valence-electron chi connectivity index (χ0n) is 26.3. The van der Waals surface area contributed by atoms with Gasteiger partial charge in [0.1, 0.15) is 16.0 Å². The number of benzene rings is 6. The largest absolute Gasteiger partial charge is 0.290 e. The number of fused-ring (bicyclic) bond motifs is 8. The van der Waals surface area contributed by atoms with Gasteiger partial charge in [0.05, 0.1) is 17.0 Å². The van der Waals surface area contributed by atoms with E-state index in [1.165, 1.54) is 42.7 Å². The highest BCUT2D eigenvalue weighted by molar-refractivity contribution is 7.25. The molecule has 0 atom stereocenters. The Bertz CT molecular complexity index is 2730. The minimum Gasteiger partial charge on any atom is -0.290 e. The second-order valence-electron chi connectivity index (χ2n) is 12.7. The van der Waals surface area contributed by atoms with E-state index in [-0.39, 0.29) is 0 Å². The Morgan fingerprint density at radius 1 is 0.571 bits per heavy atom. The van der Waals surface area contributed by atoms with Crippen molar-refractivity contribution < 1.29 is 0 Å². The zero-order valence-corrected chi connectivity index (χ0v) is 27.2. The van der Waals surface area contributed by atoms with Crippen LogP contribution < -0.4 is 0 Å². The molecule has 0 aliphatic heterocycles. The maximum absolute atomic E-state index is 9.96. The van der Waals surface area contributed by atoms with Gasteiger partial charge in [0, 0.05) is 16.3 Å². The Balaban J connectivity index is 1.11. The van der Waals surface area contributed by atoms with Crippen LogP contribution in [0.1, 0.15) is 27.8 Å². The van der Waals surface area contributed by atoms with Gasteiger partial charge < -0.3 is 0 Å². The molecule has 1 aliphatic rings. The summed E-state index contributed by atoms with van der Waals surface area (Å²) in [6.45, 7) is 0. The Morgan fingerprint density at radius 2 is 1.16 bits per heavy atom. The van der Waals surface area contributed by atoms with Crippen molar-refractivity contribution in [2.45, 2.75) is 5.41 Å². The van der Waals surface area contributed by atoms with Gasteiger partial charge >= 0.3 is 0 Å². The SMILES string of the molecule is N#Cc1ccc2c(c1)C(c1ccccc1)(c1ccccc1)c1cc(-c3ccc(-c4ccc5nc6c7ccccc7sc6n5c4)cc3)ccc1-2. The van der Waals surface area contributed by atoms with E-state index in [1.54, 1.807) is 11.3 Å². The third kappa shape index (κ3) is 4.04. The highest BCUT2D eigenvalue weighted by atomic mass is 32.1. The first-order valence-electron chi connectivity index (χ1n) is 16.4. The summed E-state index contributed by atoms with van der Waals surface area (Å²) in [5.41, 5.74) is 13.9. The predicted octanol–water partition coefficient (Wildman–Crippen LogP) is 11.3. The number of thiophene rings is 1. The monoisotopic (exact) mass is 641 g/mol. The van der Waals surface area contributed by atoms with E-state index in [0.717, 1.165) is 39.0 Å². The van der Waals surface area contributed by atoms with Crippen molar-refractivity contribution in [1.29, 1.82) is 5.26 Å². The maximum atomic E-state index is 9.96. The van der Waals surface area contributed by atoms with Gasteiger partial charge in [0.25, 0.3) is 0 Å². The lowest BCUT2D eigenvalue weighted by Crippen LogP contribution is -2.28. The third-order valence-electron chi connectivity index (χ3n) is 10.2. The topological polar surface area (TPSA) is 41.1 Å². The molecule has 9 aromatic rings. The number of hydrogen-bond donors (Lipinski definition) is 0. The van der Waals surface area contributed by atoms with Gasteiger partial charge in [0.15, 0.2) is 0 Å². The summed E-state index contributed by atoms with van der Waals surface area (Å²) < 4.78 is 3.49. The van der Waals surface area contributed by atoms with Crippen LogP contribution in [0.4, 0.5) is 0 Å². The van der Waals surface area contributed by atoms with Crippen molar-refractivity contribution >= 4 is 37.4 Å². The summed E-state index contributed by atoms with van der Waals surface area (Å²) in [6, 6.07) is 58.6. The minimum atomic E-state index is -0.561. The molecule has 4 heteroatoms. The van der Waals surface area contributed by atoms with Crippen molar-refractivity contribution in [2.24, 2.45) is 0 Å². The molecule has 3 heterocycles. The number of pyridine rings is 1. The van der Waals surface area contributed by atoms with Gasteiger partial charge in [-0.1, -0.05) is 121 Å². The zero-order chi connectivity index (χ0) is 32.5. The maximum Gasteiger partial charge on any atom is 0.138 e. The molecule has 0 N–H and O–H groups in total. The number of aromatic nitrogens is 2. The number of imidazole rings is 1. The molecule has 10 rings (SSSR count). The van der Waals surface area contributed by atoms with Crippen molar-refractivity contribution in [2.75, 3.05) is 0 Å². The first-order valence-corrected chi connectivity index (χ1v) is 17.2. The molecule has 0 amide bonds. The summed E-state index contributed by atoms with van der Waals surface area (Å²) >= 11 is 1.79. The Hall–Kier alpha value is -6.28. The van der Waals surface area contributed by atoms with Crippen LogP contribution >= 0.6 is 11.3 Å². The first-order chi connectivity index (χ1) is 24.2. The van der Waals surface area contributed by atoms with Gasteiger partial charge in [-0.2, -0.15) is 5.26 Å². The summed E-state index contributed by atoms with van der Waals surface area (Å²) in [7, 11) is 0. The average molecular weight is 642 g/mol. The van der Waals surface area contributed by atoms with Crippen molar-refractivity contribution in [3.8, 4) is 39.4 Å². The Morgan fingerprint density at radius 3 is 1.88 bits per heavy atom. The van der Waals surface area contributed by atoms with Crippen LogP contribution in [-0.4, -0.2) is 9.38 Å². The summed E-state index contributed by atoms with van der Waals surface area (Å²) in [6.07, 6.45) is 2.21. The van der Waals surface area contributed by atoms with Crippen LogP contribution in [0, 0.1) is 11.3 Å². The lowest BCUT2D eigenvalue weighted by atomic mass is 9.67. The summed E-state index contributed by atoms with van der Waals surface area (Å²) in [5.74, 6) is 0. The highest BCUT2D eigenvalue weighted by Gasteiger charge is 2.46. The molecular formula is C45H27N3S. The molecule has 0 spiro atoms. The molecule has 0 unspecified atom stereocenters. The number of hydrogen-bond acceptors (Lipinski definition) is 3. The van der Waals surface area contributed by atoms with Crippen molar-refractivity contribution in [3.63, 3.8) is 0 Å². The van der Waals surface area contributed by atoms with Gasteiger partial charge in [-0.05, 0) is 92.0 Å². The lowest BCUT2D eigenvalue weighted by Gasteiger charge is -2.34. The van der Waals surface area contributed by atoms with Gasteiger partial charge in [-0.3, -0.25) is 4.40 Å². The molecule has 1 aliphatic carbocycles. The molecule has 0 saturated carbocycles. The second kappa shape index (κ2) is 10.6. The van der Waals surface area contributed by atoms with E-state index in [0.29, 0.717) is 5.56 Å². The minimum absolute atomic E-state index is 0.561. The molecule has 49 heavy (non-hydrogen) atoms. The van der Waals surface area contributed by atoms with E-state index in [2.05, 4.69) is 168 Å². The van der Waals surface area contributed by atoms with Crippen LogP contribution in [0.15, 0.2) is 164 Å². The van der Waals surface area contributed by atoms with E-state index in [9.17, 15) is 5.26 Å². The molecular weight excluding hydrogens is 615 g/mol. The molecule has 0 saturated heterocycles. The van der Waals surface area contributed by atoms with Crippen LogP contribution in [0.25, 0.3) is 59.5 Å². The number of nitrogens with zero attached hydrogens (tertiary/aromatic N) is 3. The average Bonchev–Trinajstić information content (AvgIpc) is 3.81. The quantitative estimate of drug-likeness (QED) is 0.192. The highest BCUT2D eigenvalue weighted by Crippen LogP contribution is 2.57. The van der Waals surface area contributed by atoms with Crippen molar-refractivity contribution in [1.82, 2.24) is 9.38 Å². The van der Waals surface area contributed by atoms with E-state index in [4.69, 9.17) is 4.98 Å². The Labute approximate surface area is 287 Å². The van der Waals surface area contributed by atoms with E-state index in [1.807, 2.05) is 6.07 Å².